The Morgan fingerprint density at radius 2 is 1.85 bits per heavy atom. The summed E-state index contributed by atoms with van der Waals surface area (Å²) in [4.78, 5) is 10.7. The maximum Gasteiger partial charge on any atom is 0.335 e. The van der Waals surface area contributed by atoms with Gasteiger partial charge < -0.3 is 5.11 Å². The van der Waals surface area contributed by atoms with Crippen LogP contribution in [-0.4, -0.2) is 36.9 Å². The van der Waals surface area contributed by atoms with Crippen molar-refractivity contribution >= 4 is 16.0 Å². The van der Waals surface area contributed by atoms with Crippen LogP contribution in [0, 0.1) is 29.6 Å². The third kappa shape index (κ3) is 3.12. The van der Waals surface area contributed by atoms with Gasteiger partial charge in [-0.1, -0.05) is 6.07 Å². The number of benzene rings is 1. The number of nitriles is 2. The van der Waals surface area contributed by atoms with Crippen molar-refractivity contribution in [3.63, 3.8) is 0 Å². The zero-order valence-corrected chi connectivity index (χ0v) is 11.4. The number of hydrogen-bond donors (Lipinski definition) is 1. The topological polar surface area (TPSA) is 122 Å². The van der Waals surface area contributed by atoms with Crippen molar-refractivity contribution in [2.75, 3.05) is 13.1 Å². The van der Waals surface area contributed by atoms with Crippen molar-refractivity contribution in [3.05, 3.63) is 29.3 Å². The van der Waals surface area contributed by atoms with Crippen LogP contribution >= 0.6 is 0 Å². The molecule has 104 valence electrons. The van der Waals surface area contributed by atoms with Gasteiger partial charge >= 0.3 is 5.97 Å². The van der Waals surface area contributed by atoms with Crippen molar-refractivity contribution in [3.8, 4) is 12.1 Å². The first kappa shape index (κ1) is 15.6. The number of carboxylic acid groups (broad SMARTS) is 1. The Balaban J connectivity index is 3.41. The Labute approximate surface area is 116 Å². The molecule has 1 aromatic rings. The summed E-state index contributed by atoms with van der Waals surface area (Å²) in [6.07, 6.45) is 0. The van der Waals surface area contributed by atoms with E-state index in [1.807, 2.05) is 0 Å². The summed E-state index contributed by atoms with van der Waals surface area (Å²) in [7, 11) is -4.09. The zero-order valence-electron chi connectivity index (χ0n) is 10.6. The molecule has 8 heteroatoms. The third-order valence-electron chi connectivity index (χ3n) is 2.55. The number of aromatic carboxylic acids is 1. The van der Waals surface area contributed by atoms with Gasteiger partial charge in [-0.3, -0.25) is 0 Å². The molecule has 0 fully saturated rings. The van der Waals surface area contributed by atoms with Gasteiger partial charge in [-0.25, -0.2) is 13.2 Å². The second-order valence-electron chi connectivity index (χ2n) is 3.87. The summed E-state index contributed by atoms with van der Waals surface area (Å²) in [5.41, 5.74) is 0.166. The quantitative estimate of drug-likeness (QED) is 0.798. The Bertz CT molecular complexity index is 697. The maximum atomic E-state index is 12.3. The first-order valence-corrected chi connectivity index (χ1v) is 6.86. The lowest BCUT2D eigenvalue weighted by Gasteiger charge is -2.17. The molecule has 0 saturated heterocycles. The Hall–Kier alpha value is -2.42. The summed E-state index contributed by atoms with van der Waals surface area (Å²) < 4.78 is 25.4. The highest BCUT2D eigenvalue weighted by molar-refractivity contribution is 7.89. The van der Waals surface area contributed by atoms with Crippen molar-refractivity contribution in [1.29, 1.82) is 10.5 Å². The highest BCUT2D eigenvalue weighted by Crippen LogP contribution is 2.21. The van der Waals surface area contributed by atoms with E-state index in [1.54, 1.807) is 12.1 Å². The number of carbonyl (C=O) groups is 1. The molecule has 20 heavy (non-hydrogen) atoms. The Kier molecular flexibility index (Phi) is 4.81. The minimum absolute atomic E-state index is 0.178. The molecule has 7 nitrogen and oxygen atoms in total. The minimum atomic E-state index is -4.09. The van der Waals surface area contributed by atoms with E-state index < -0.39 is 29.1 Å². The van der Waals surface area contributed by atoms with Gasteiger partial charge in [0, 0.05) is 0 Å². The van der Waals surface area contributed by atoms with Crippen LogP contribution in [0.15, 0.2) is 23.1 Å². The van der Waals surface area contributed by atoms with Crippen LogP contribution in [0.3, 0.4) is 0 Å². The van der Waals surface area contributed by atoms with Gasteiger partial charge in [-0.15, -0.1) is 0 Å². The molecule has 0 saturated carbocycles. The summed E-state index contributed by atoms with van der Waals surface area (Å²) >= 11 is 0. The SMILES string of the molecule is Cc1ccc(C(=O)O)cc1S(=O)(=O)N(CC#N)CC#N. The predicted molar refractivity (Wildman–Crippen MR) is 68.1 cm³/mol. The predicted octanol–water partition coefficient (Wildman–Crippen LogP) is 0.731. The summed E-state index contributed by atoms with van der Waals surface area (Å²) in [5, 5.41) is 26.2. The van der Waals surface area contributed by atoms with Crippen molar-refractivity contribution in [2.45, 2.75) is 11.8 Å². The third-order valence-corrected chi connectivity index (χ3v) is 4.48. The lowest BCUT2D eigenvalue weighted by molar-refractivity contribution is 0.0696. The molecular formula is C12H11N3O4S. The molecule has 0 aliphatic rings. The standard InChI is InChI=1S/C12H11N3O4S/c1-9-2-3-10(12(16)17)8-11(9)20(18,19)15(6-4-13)7-5-14/h2-3,8H,6-7H2,1H3,(H,16,17). The van der Waals surface area contributed by atoms with Crippen LogP contribution in [0.4, 0.5) is 0 Å². The number of carboxylic acids is 1. The second-order valence-corrected chi connectivity index (χ2v) is 5.78. The van der Waals surface area contributed by atoms with Crippen LogP contribution in [0.5, 0.6) is 0 Å². The maximum absolute atomic E-state index is 12.3. The molecule has 0 aromatic heterocycles. The first-order chi connectivity index (χ1) is 9.34. The molecular weight excluding hydrogens is 282 g/mol. The van der Waals surface area contributed by atoms with Crippen molar-refractivity contribution in [2.24, 2.45) is 0 Å². The molecule has 0 bridgehead atoms. The van der Waals surface area contributed by atoms with Crippen molar-refractivity contribution in [1.82, 2.24) is 4.31 Å². The Morgan fingerprint density at radius 3 is 2.30 bits per heavy atom. The Morgan fingerprint density at radius 1 is 1.30 bits per heavy atom. The van der Waals surface area contributed by atoms with Crippen molar-refractivity contribution < 1.29 is 18.3 Å². The molecule has 0 heterocycles. The number of nitrogens with zero attached hydrogens (tertiary/aromatic N) is 3. The minimum Gasteiger partial charge on any atom is -0.478 e. The molecule has 0 amide bonds. The van der Waals surface area contributed by atoms with Crippen LogP contribution in [0.2, 0.25) is 0 Å². The largest absolute Gasteiger partial charge is 0.478 e. The highest BCUT2D eigenvalue weighted by Gasteiger charge is 2.26. The average Bonchev–Trinajstić information content (AvgIpc) is 2.38. The van der Waals surface area contributed by atoms with E-state index in [-0.39, 0.29) is 10.5 Å². The molecule has 0 radical (unpaired) electrons. The molecule has 1 rings (SSSR count). The fraction of sp³-hybridized carbons (Fsp3) is 0.250. The molecule has 1 N–H and O–H groups in total. The smallest absolute Gasteiger partial charge is 0.335 e. The average molecular weight is 293 g/mol. The van der Waals surface area contributed by atoms with Gasteiger partial charge in [0.2, 0.25) is 10.0 Å². The molecule has 0 aliphatic carbocycles. The molecule has 1 aromatic carbocycles. The van der Waals surface area contributed by atoms with E-state index in [0.29, 0.717) is 9.87 Å². The lowest BCUT2D eigenvalue weighted by atomic mass is 10.1. The zero-order chi connectivity index (χ0) is 15.3. The van der Waals surface area contributed by atoms with Crippen LogP contribution in [0.1, 0.15) is 15.9 Å². The molecule has 0 unspecified atom stereocenters. The highest BCUT2D eigenvalue weighted by atomic mass is 32.2. The molecule has 0 aliphatic heterocycles. The number of rotatable bonds is 5. The van der Waals surface area contributed by atoms with E-state index in [1.165, 1.54) is 19.1 Å². The molecule has 0 atom stereocenters. The van der Waals surface area contributed by atoms with Gasteiger partial charge in [0.15, 0.2) is 0 Å². The van der Waals surface area contributed by atoms with E-state index in [4.69, 9.17) is 15.6 Å². The first-order valence-electron chi connectivity index (χ1n) is 5.42. The fourth-order valence-electron chi connectivity index (χ4n) is 1.53. The van der Waals surface area contributed by atoms with Gasteiger partial charge in [-0.05, 0) is 24.6 Å². The number of sulfonamides is 1. The summed E-state index contributed by atoms with van der Waals surface area (Å²) in [6, 6.07) is 7.01. The number of aryl methyl sites for hydroxylation is 1. The second kappa shape index (κ2) is 6.15. The number of hydrogen-bond acceptors (Lipinski definition) is 5. The normalized spacial score (nSPS) is 10.8. The van der Waals surface area contributed by atoms with Crippen LogP contribution in [-0.2, 0) is 10.0 Å². The van der Waals surface area contributed by atoms with Gasteiger partial charge in [0.05, 0.1) is 22.6 Å². The summed E-state index contributed by atoms with van der Waals surface area (Å²) in [6.45, 7) is 0.550. The van der Waals surface area contributed by atoms with Crippen LogP contribution in [0.25, 0.3) is 0 Å². The van der Waals surface area contributed by atoms with E-state index in [9.17, 15) is 13.2 Å². The fourth-order valence-corrected chi connectivity index (χ4v) is 3.02. The summed E-state index contributed by atoms with van der Waals surface area (Å²) in [5.74, 6) is -1.26. The van der Waals surface area contributed by atoms with E-state index >= 15 is 0 Å². The van der Waals surface area contributed by atoms with Crippen LogP contribution < -0.4 is 0 Å². The monoisotopic (exact) mass is 293 g/mol. The van der Waals surface area contributed by atoms with Gasteiger partial charge in [0.1, 0.15) is 13.1 Å². The molecule has 0 spiro atoms. The van der Waals surface area contributed by atoms with Gasteiger partial charge in [0.25, 0.3) is 0 Å². The van der Waals surface area contributed by atoms with E-state index in [2.05, 4.69) is 0 Å². The van der Waals surface area contributed by atoms with Gasteiger partial charge in [-0.2, -0.15) is 14.8 Å². The lowest BCUT2D eigenvalue weighted by Crippen LogP contribution is -2.32. The van der Waals surface area contributed by atoms with E-state index in [0.717, 1.165) is 6.07 Å².